The zero-order valence-electron chi connectivity index (χ0n) is 19.1. The normalized spacial score (nSPS) is 12.3. The van der Waals surface area contributed by atoms with Crippen LogP contribution in [0.5, 0.6) is 0 Å². The molecule has 0 aliphatic rings. The second-order valence-electron chi connectivity index (χ2n) is 8.43. The third kappa shape index (κ3) is 5.63. The van der Waals surface area contributed by atoms with Crippen molar-refractivity contribution >= 4 is 22.4 Å². The molecule has 33 heavy (non-hydrogen) atoms. The van der Waals surface area contributed by atoms with Gasteiger partial charge >= 0.3 is 0 Å². The molecule has 0 radical (unpaired) electrons. The highest BCUT2D eigenvalue weighted by Crippen LogP contribution is 2.35. The molecule has 3 aromatic carbocycles. The summed E-state index contributed by atoms with van der Waals surface area (Å²) in [6, 6.07) is 10.1. The molecule has 0 saturated carbocycles. The summed E-state index contributed by atoms with van der Waals surface area (Å²) in [7, 11) is 0. The van der Waals surface area contributed by atoms with Gasteiger partial charge in [-0.2, -0.15) is 0 Å². The Labute approximate surface area is 192 Å². The molecule has 0 heterocycles. The van der Waals surface area contributed by atoms with Gasteiger partial charge in [0.1, 0.15) is 5.82 Å². The first kappa shape index (κ1) is 24.9. The average Bonchev–Trinajstić information content (AvgIpc) is 2.82. The molecule has 0 atom stereocenters. The smallest absolute Gasteiger partial charge is 0.170 e. The van der Waals surface area contributed by atoms with Gasteiger partial charge in [0.25, 0.3) is 0 Å². The molecular formula is C28H29F5. The maximum atomic E-state index is 14.9. The summed E-state index contributed by atoms with van der Waals surface area (Å²) in [6.45, 7) is 4.11. The van der Waals surface area contributed by atoms with Gasteiger partial charge in [0, 0.05) is 5.56 Å². The molecule has 0 unspecified atom stereocenters. The van der Waals surface area contributed by atoms with Gasteiger partial charge in [0.05, 0.1) is 10.9 Å². The Bertz CT molecular complexity index is 1130. The molecule has 0 aromatic heterocycles. The lowest BCUT2D eigenvalue weighted by molar-refractivity contribution is 0.505. The first-order chi connectivity index (χ1) is 15.9. The number of rotatable bonds is 10. The SMILES string of the molecule is CCCCCc1ccc(C(F)=C(F)c2cc3ccc(CCCCC)c(F)c3c(F)c2F)cc1. The summed E-state index contributed by atoms with van der Waals surface area (Å²) in [5.74, 6) is -6.76. The predicted octanol–water partition coefficient (Wildman–Crippen LogP) is 9.49. The topological polar surface area (TPSA) is 0 Å². The van der Waals surface area contributed by atoms with Crippen LogP contribution in [0.1, 0.15) is 74.6 Å². The van der Waals surface area contributed by atoms with E-state index >= 15 is 0 Å². The van der Waals surface area contributed by atoms with Gasteiger partial charge in [0.2, 0.25) is 0 Å². The van der Waals surface area contributed by atoms with E-state index in [1.807, 2.05) is 6.92 Å². The molecular weight excluding hydrogens is 431 g/mol. The van der Waals surface area contributed by atoms with Crippen molar-refractivity contribution in [3.63, 3.8) is 0 Å². The van der Waals surface area contributed by atoms with Crippen molar-refractivity contribution in [1.29, 1.82) is 0 Å². The maximum Gasteiger partial charge on any atom is 0.170 e. The Morgan fingerprint density at radius 3 is 1.94 bits per heavy atom. The van der Waals surface area contributed by atoms with Gasteiger partial charge in [-0.3, -0.25) is 0 Å². The summed E-state index contributed by atoms with van der Waals surface area (Å²) < 4.78 is 74.1. The Kier molecular flexibility index (Phi) is 8.65. The Hall–Kier alpha value is -2.69. The molecule has 3 aromatic rings. The highest BCUT2D eigenvalue weighted by molar-refractivity contribution is 5.91. The molecule has 0 nitrogen and oxygen atoms in total. The quantitative estimate of drug-likeness (QED) is 0.161. The van der Waals surface area contributed by atoms with Crippen LogP contribution in [0.25, 0.3) is 22.4 Å². The van der Waals surface area contributed by atoms with Crippen molar-refractivity contribution in [2.24, 2.45) is 0 Å². The van der Waals surface area contributed by atoms with Crippen LogP contribution in [-0.4, -0.2) is 0 Å². The van der Waals surface area contributed by atoms with Gasteiger partial charge in [0.15, 0.2) is 23.3 Å². The number of aryl methyl sites for hydroxylation is 2. The van der Waals surface area contributed by atoms with E-state index < -0.39 is 40.1 Å². The van der Waals surface area contributed by atoms with Crippen LogP contribution in [0.15, 0.2) is 42.5 Å². The summed E-state index contributed by atoms with van der Waals surface area (Å²) in [5.41, 5.74) is 0.350. The molecule has 0 N–H and O–H groups in total. The molecule has 0 spiro atoms. The fourth-order valence-corrected chi connectivity index (χ4v) is 3.98. The standard InChI is InChI=1S/C28H29F5/c1-3-5-7-9-18-11-13-20(14-12-18)25(30)26(31)22-17-21-16-15-19(10-8-6-4-2)24(29)23(21)28(33)27(22)32/h11-17H,3-10H2,1-2H3. The lowest BCUT2D eigenvalue weighted by Crippen LogP contribution is -2.00. The molecule has 5 heteroatoms. The first-order valence-electron chi connectivity index (χ1n) is 11.6. The molecule has 0 bridgehead atoms. The van der Waals surface area contributed by atoms with Gasteiger partial charge in [-0.25, -0.2) is 22.0 Å². The fraction of sp³-hybridized carbons (Fsp3) is 0.357. The van der Waals surface area contributed by atoms with Gasteiger partial charge in [-0.15, -0.1) is 0 Å². The first-order valence-corrected chi connectivity index (χ1v) is 11.6. The van der Waals surface area contributed by atoms with Crippen molar-refractivity contribution in [1.82, 2.24) is 0 Å². The van der Waals surface area contributed by atoms with Gasteiger partial charge in [-0.05, 0) is 48.3 Å². The monoisotopic (exact) mass is 460 g/mol. The number of hydrogen-bond acceptors (Lipinski definition) is 0. The summed E-state index contributed by atoms with van der Waals surface area (Å²) in [5, 5.41) is -0.551. The van der Waals surface area contributed by atoms with Crippen molar-refractivity contribution in [3.8, 4) is 0 Å². The minimum absolute atomic E-state index is 0.0186. The fourth-order valence-electron chi connectivity index (χ4n) is 3.98. The predicted molar refractivity (Wildman–Crippen MR) is 126 cm³/mol. The van der Waals surface area contributed by atoms with Crippen molar-refractivity contribution in [3.05, 3.63) is 82.2 Å². The van der Waals surface area contributed by atoms with Crippen LogP contribution in [0.3, 0.4) is 0 Å². The second-order valence-corrected chi connectivity index (χ2v) is 8.43. The van der Waals surface area contributed by atoms with E-state index in [0.29, 0.717) is 6.42 Å². The van der Waals surface area contributed by atoms with E-state index in [9.17, 15) is 22.0 Å². The Balaban J connectivity index is 1.96. The average molecular weight is 461 g/mol. The van der Waals surface area contributed by atoms with E-state index in [1.165, 1.54) is 24.3 Å². The van der Waals surface area contributed by atoms with Crippen LogP contribution in [0.4, 0.5) is 22.0 Å². The molecule has 0 aliphatic heterocycles. The third-order valence-electron chi connectivity index (χ3n) is 5.96. The second kappa shape index (κ2) is 11.4. The number of hydrogen-bond donors (Lipinski definition) is 0. The van der Waals surface area contributed by atoms with Crippen LogP contribution < -0.4 is 0 Å². The lowest BCUT2D eigenvalue weighted by Gasteiger charge is -2.11. The van der Waals surface area contributed by atoms with E-state index in [2.05, 4.69) is 6.92 Å². The molecule has 0 fully saturated rings. The van der Waals surface area contributed by atoms with Gasteiger partial charge < -0.3 is 0 Å². The van der Waals surface area contributed by atoms with Crippen molar-refractivity contribution < 1.29 is 22.0 Å². The van der Waals surface area contributed by atoms with E-state index in [-0.39, 0.29) is 16.5 Å². The number of fused-ring (bicyclic) bond motifs is 1. The lowest BCUT2D eigenvalue weighted by atomic mass is 9.98. The number of unbranched alkanes of at least 4 members (excludes halogenated alkanes) is 4. The zero-order chi connectivity index (χ0) is 24.0. The van der Waals surface area contributed by atoms with Crippen LogP contribution in [-0.2, 0) is 12.8 Å². The van der Waals surface area contributed by atoms with E-state index in [1.54, 1.807) is 12.1 Å². The van der Waals surface area contributed by atoms with Crippen LogP contribution >= 0.6 is 0 Å². The zero-order valence-corrected chi connectivity index (χ0v) is 19.1. The largest absolute Gasteiger partial charge is 0.206 e. The minimum atomic E-state index is -1.60. The van der Waals surface area contributed by atoms with E-state index in [0.717, 1.165) is 56.6 Å². The highest BCUT2D eigenvalue weighted by atomic mass is 19.2. The number of benzene rings is 3. The summed E-state index contributed by atoms with van der Waals surface area (Å²) in [6.07, 6.45) is 6.95. The molecule has 176 valence electrons. The van der Waals surface area contributed by atoms with Crippen molar-refractivity contribution in [2.45, 2.75) is 65.2 Å². The maximum absolute atomic E-state index is 14.9. The van der Waals surface area contributed by atoms with Gasteiger partial charge in [-0.1, -0.05) is 75.9 Å². The molecule has 0 saturated heterocycles. The Morgan fingerprint density at radius 2 is 1.30 bits per heavy atom. The third-order valence-corrected chi connectivity index (χ3v) is 5.96. The summed E-state index contributed by atoms with van der Waals surface area (Å²) in [4.78, 5) is 0. The number of halogens is 5. The van der Waals surface area contributed by atoms with Crippen LogP contribution in [0, 0.1) is 17.5 Å². The highest BCUT2D eigenvalue weighted by Gasteiger charge is 2.23. The van der Waals surface area contributed by atoms with Crippen molar-refractivity contribution in [2.75, 3.05) is 0 Å². The Morgan fingerprint density at radius 1 is 0.667 bits per heavy atom. The van der Waals surface area contributed by atoms with E-state index in [4.69, 9.17) is 0 Å². The molecule has 0 amide bonds. The molecule has 3 rings (SSSR count). The minimum Gasteiger partial charge on any atom is -0.206 e. The van der Waals surface area contributed by atoms with Crippen LogP contribution in [0.2, 0.25) is 0 Å². The molecule has 0 aliphatic carbocycles. The summed E-state index contributed by atoms with van der Waals surface area (Å²) >= 11 is 0.